The molecule has 0 saturated carbocycles. The minimum atomic E-state index is -0.481. The van der Waals surface area contributed by atoms with Crippen LogP contribution in [0.25, 0.3) is 0 Å². The van der Waals surface area contributed by atoms with Crippen LogP contribution in [0.2, 0.25) is 0 Å². The number of carbonyl (C=O) groups is 1. The Morgan fingerprint density at radius 2 is 1.85 bits per heavy atom. The van der Waals surface area contributed by atoms with E-state index in [2.05, 4.69) is 6.92 Å². The largest absolute Gasteiger partial charge is 0.465 e. The third-order valence-corrected chi connectivity index (χ3v) is 4.63. The van der Waals surface area contributed by atoms with Crippen molar-refractivity contribution in [3.63, 3.8) is 0 Å². The fraction of sp³-hybridized carbons (Fsp3) is 0.588. The molecule has 1 aromatic carbocycles. The van der Waals surface area contributed by atoms with E-state index < -0.39 is 4.75 Å². The summed E-state index contributed by atoms with van der Waals surface area (Å²) in [5, 5.41) is 0. The molecule has 1 unspecified atom stereocenters. The molecule has 0 bridgehead atoms. The van der Waals surface area contributed by atoms with Gasteiger partial charge in [0.2, 0.25) is 0 Å². The highest BCUT2D eigenvalue weighted by atomic mass is 32.2. The smallest absolute Gasteiger partial charge is 0.322 e. The van der Waals surface area contributed by atoms with E-state index in [1.807, 2.05) is 44.2 Å². The Labute approximate surface area is 127 Å². The summed E-state index contributed by atoms with van der Waals surface area (Å²) in [7, 11) is 0. The molecule has 20 heavy (non-hydrogen) atoms. The Hall–Kier alpha value is -0.960. The van der Waals surface area contributed by atoms with Crippen LogP contribution < -0.4 is 0 Å². The lowest BCUT2D eigenvalue weighted by molar-refractivity contribution is -0.145. The molecule has 0 saturated heterocycles. The molecule has 2 nitrogen and oxygen atoms in total. The topological polar surface area (TPSA) is 26.3 Å². The van der Waals surface area contributed by atoms with Gasteiger partial charge in [-0.2, -0.15) is 0 Å². The highest BCUT2D eigenvalue weighted by molar-refractivity contribution is 8.01. The van der Waals surface area contributed by atoms with E-state index in [0.29, 0.717) is 6.61 Å². The number of benzene rings is 1. The van der Waals surface area contributed by atoms with Gasteiger partial charge in [-0.3, -0.25) is 4.79 Å². The number of unbranched alkanes of at least 4 members (excludes halogenated alkanes) is 3. The minimum absolute atomic E-state index is 0.0923. The average molecular weight is 294 g/mol. The third kappa shape index (κ3) is 5.58. The molecule has 1 aromatic rings. The van der Waals surface area contributed by atoms with Crippen LogP contribution in [0.5, 0.6) is 0 Å². The first-order chi connectivity index (χ1) is 9.62. The van der Waals surface area contributed by atoms with Crippen molar-refractivity contribution in [3.8, 4) is 0 Å². The maximum Gasteiger partial charge on any atom is 0.322 e. The molecule has 0 fully saturated rings. The normalized spacial score (nSPS) is 13.8. The number of esters is 1. The second kappa shape index (κ2) is 9.06. The fourth-order valence-electron chi connectivity index (χ4n) is 2.12. The Morgan fingerprint density at radius 1 is 1.15 bits per heavy atom. The SMILES string of the molecule is CCCCCCC(C)(Sc1ccccc1)C(=O)OCC. The second-order valence-electron chi connectivity index (χ2n) is 5.18. The molecule has 0 amide bonds. The monoisotopic (exact) mass is 294 g/mol. The summed E-state index contributed by atoms with van der Waals surface area (Å²) in [6, 6.07) is 10.1. The molecule has 1 atom stereocenters. The van der Waals surface area contributed by atoms with Gasteiger partial charge in [0.05, 0.1) is 6.61 Å². The lowest BCUT2D eigenvalue weighted by Gasteiger charge is -2.26. The van der Waals surface area contributed by atoms with Gasteiger partial charge in [0.25, 0.3) is 0 Å². The van der Waals surface area contributed by atoms with Crippen LogP contribution in [0.4, 0.5) is 0 Å². The number of hydrogen-bond acceptors (Lipinski definition) is 3. The summed E-state index contributed by atoms with van der Waals surface area (Å²) in [6.45, 7) is 6.51. The molecule has 112 valence electrons. The van der Waals surface area contributed by atoms with Crippen molar-refractivity contribution in [3.05, 3.63) is 30.3 Å². The quantitative estimate of drug-likeness (QED) is 0.361. The van der Waals surface area contributed by atoms with Gasteiger partial charge in [-0.1, -0.05) is 50.8 Å². The maximum atomic E-state index is 12.3. The van der Waals surface area contributed by atoms with Crippen LogP contribution in [0, 0.1) is 0 Å². The highest BCUT2D eigenvalue weighted by Crippen LogP contribution is 2.38. The molecule has 0 heterocycles. The molecule has 0 spiro atoms. The van der Waals surface area contributed by atoms with E-state index >= 15 is 0 Å². The molecule has 1 rings (SSSR count). The predicted octanol–water partition coefficient (Wildman–Crippen LogP) is 5.07. The lowest BCUT2D eigenvalue weighted by atomic mass is 10.0. The van der Waals surface area contributed by atoms with Crippen molar-refractivity contribution < 1.29 is 9.53 Å². The second-order valence-corrected chi connectivity index (χ2v) is 6.75. The molecule has 0 N–H and O–H groups in total. The summed E-state index contributed by atoms with van der Waals surface area (Å²) in [6.07, 6.45) is 5.56. The van der Waals surface area contributed by atoms with Gasteiger partial charge in [0, 0.05) is 4.90 Å². The molecule has 0 aliphatic heterocycles. The van der Waals surface area contributed by atoms with Crippen molar-refractivity contribution in [1.82, 2.24) is 0 Å². The van der Waals surface area contributed by atoms with Gasteiger partial charge in [0.15, 0.2) is 0 Å². The molecule has 0 radical (unpaired) electrons. The first-order valence-corrected chi connectivity index (χ1v) is 8.35. The Bertz CT molecular complexity index is 391. The van der Waals surface area contributed by atoms with E-state index in [9.17, 15) is 4.79 Å². The van der Waals surface area contributed by atoms with Crippen molar-refractivity contribution in [2.45, 2.75) is 62.5 Å². The van der Waals surface area contributed by atoms with Gasteiger partial charge in [0.1, 0.15) is 4.75 Å². The van der Waals surface area contributed by atoms with Gasteiger partial charge >= 0.3 is 5.97 Å². The number of rotatable bonds is 9. The first-order valence-electron chi connectivity index (χ1n) is 7.53. The summed E-state index contributed by atoms with van der Waals surface area (Å²) >= 11 is 1.62. The lowest BCUT2D eigenvalue weighted by Crippen LogP contribution is -2.33. The van der Waals surface area contributed by atoms with Gasteiger partial charge in [-0.25, -0.2) is 0 Å². The van der Waals surface area contributed by atoms with E-state index in [1.165, 1.54) is 19.3 Å². The van der Waals surface area contributed by atoms with Crippen molar-refractivity contribution in [2.75, 3.05) is 6.61 Å². The van der Waals surface area contributed by atoms with Crippen LogP contribution >= 0.6 is 11.8 Å². The van der Waals surface area contributed by atoms with Crippen molar-refractivity contribution >= 4 is 17.7 Å². The van der Waals surface area contributed by atoms with Crippen molar-refractivity contribution in [1.29, 1.82) is 0 Å². The number of thioether (sulfide) groups is 1. The maximum absolute atomic E-state index is 12.3. The number of carbonyl (C=O) groups excluding carboxylic acids is 1. The summed E-state index contributed by atoms with van der Waals surface area (Å²) in [5.74, 6) is -0.0923. The van der Waals surface area contributed by atoms with Crippen LogP contribution in [-0.2, 0) is 9.53 Å². The van der Waals surface area contributed by atoms with Crippen molar-refractivity contribution in [2.24, 2.45) is 0 Å². The Morgan fingerprint density at radius 3 is 2.45 bits per heavy atom. The first kappa shape index (κ1) is 17.1. The van der Waals surface area contributed by atoms with Gasteiger partial charge in [-0.05, 0) is 32.4 Å². The average Bonchev–Trinajstić information content (AvgIpc) is 2.45. The Kier molecular flexibility index (Phi) is 7.75. The molecule has 0 aliphatic carbocycles. The summed E-state index contributed by atoms with van der Waals surface area (Å²) in [5.41, 5.74) is 0. The molecule has 0 aromatic heterocycles. The van der Waals surface area contributed by atoms with Gasteiger partial charge < -0.3 is 4.74 Å². The van der Waals surface area contributed by atoms with Gasteiger partial charge in [-0.15, -0.1) is 11.8 Å². The van der Waals surface area contributed by atoms with E-state index in [-0.39, 0.29) is 5.97 Å². The molecular formula is C17H26O2S. The molecule has 3 heteroatoms. The zero-order valence-electron chi connectivity index (χ0n) is 12.9. The highest BCUT2D eigenvalue weighted by Gasteiger charge is 2.35. The molecule has 0 aliphatic rings. The van der Waals surface area contributed by atoms with Crippen LogP contribution in [0.1, 0.15) is 52.9 Å². The van der Waals surface area contributed by atoms with E-state index in [4.69, 9.17) is 4.74 Å². The zero-order chi connectivity index (χ0) is 14.8. The van der Waals surface area contributed by atoms with Crippen LogP contribution in [-0.4, -0.2) is 17.3 Å². The fourth-order valence-corrected chi connectivity index (χ4v) is 3.32. The summed E-state index contributed by atoms with van der Waals surface area (Å²) < 4.78 is 4.80. The Balaban J connectivity index is 2.70. The zero-order valence-corrected chi connectivity index (χ0v) is 13.7. The van der Waals surface area contributed by atoms with E-state index in [0.717, 1.165) is 17.7 Å². The number of ether oxygens (including phenoxy) is 1. The predicted molar refractivity (Wildman–Crippen MR) is 86.1 cm³/mol. The van der Waals surface area contributed by atoms with Crippen LogP contribution in [0.15, 0.2) is 35.2 Å². The van der Waals surface area contributed by atoms with E-state index in [1.54, 1.807) is 11.8 Å². The standard InChI is InChI=1S/C17H26O2S/c1-4-6-7-11-14-17(3,16(18)19-5-2)20-15-12-9-8-10-13-15/h8-10,12-13H,4-7,11,14H2,1-3H3. The van der Waals surface area contributed by atoms with Crippen LogP contribution in [0.3, 0.4) is 0 Å². The minimum Gasteiger partial charge on any atom is -0.465 e. The number of hydrogen-bond donors (Lipinski definition) is 0. The summed E-state index contributed by atoms with van der Waals surface area (Å²) in [4.78, 5) is 13.4. The third-order valence-electron chi connectivity index (χ3n) is 3.30. The molecular weight excluding hydrogens is 268 g/mol.